The number of piperidine rings is 1. The van der Waals surface area contributed by atoms with E-state index in [0.717, 1.165) is 24.8 Å². The molecule has 20 heavy (non-hydrogen) atoms. The number of hydrogen-bond donors (Lipinski definition) is 1. The van der Waals surface area contributed by atoms with E-state index >= 15 is 0 Å². The quantitative estimate of drug-likeness (QED) is 0.920. The Morgan fingerprint density at radius 1 is 1.35 bits per heavy atom. The molecule has 0 aromatic carbocycles. The van der Waals surface area contributed by atoms with Crippen LogP contribution in [0.5, 0.6) is 0 Å². The number of carbonyl (C=O) groups excluding carboxylic acids is 1. The van der Waals surface area contributed by atoms with Gasteiger partial charge in [-0.3, -0.25) is 9.69 Å². The van der Waals surface area contributed by atoms with Crippen LogP contribution in [0, 0.1) is 5.92 Å². The summed E-state index contributed by atoms with van der Waals surface area (Å²) < 4.78 is 1.84. The molecule has 0 unspecified atom stereocenters. The van der Waals surface area contributed by atoms with Gasteiger partial charge in [0.05, 0.1) is 12.2 Å². The number of nitrogens with zero attached hydrogens (tertiary/aromatic N) is 3. The highest BCUT2D eigenvalue weighted by atomic mass is 16.2. The van der Waals surface area contributed by atoms with Crippen LogP contribution >= 0.6 is 0 Å². The summed E-state index contributed by atoms with van der Waals surface area (Å²) in [5, 5.41) is 7.24. The molecule has 112 valence electrons. The van der Waals surface area contributed by atoms with E-state index in [4.69, 9.17) is 0 Å². The summed E-state index contributed by atoms with van der Waals surface area (Å²) in [6, 6.07) is 2.01. The molecule has 1 fully saturated rings. The van der Waals surface area contributed by atoms with Gasteiger partial charge in [0.25, 0.3) is 0 Å². The van der Waals surface area contributed by atoms with Crippen LogP contribution in [0.2, 0.25) is 0 Å². The second-order valence-corrected chi connectivity index (χ2v) is 6.14. The molecule has 1 aromatic heterocycles. The molecule has 1 N–H and O–H groups in total. The van der Waals surface area contributed by atoms with Crippen molar-refractivity contribution in [2.75, 3.05) is 18.4 Å². The summed E-state index contributed by atoms with van der Waals surface area (Å²) in [4.78, 5) is 14.6. The number of carbonyl (C=O) groups is 1. The number of likely N-dealkylation sites (tertiary alicyclic amines) is 1. The summed E-state index contributed by atoms with van der Waals surface area (Å²) in [6.45, 7) is 10.4. The predicted molar refractivity (Wildman–Crippen MR) is 80.7 cm³/mol. The molecule has 5 nitrogen and oxygen atoms in total. The zero-order chi connectivity index (χ0) is 14.7. The van der Waals surface area contributed by atoms with E-state index < -0.39 is 0 Å². The standard InChI is InChI=1S/C15H26N4O/c1-11(2)19-14(5-8-16-19)17-15(20)13(4)18-9-6-12(3)7-10-18/h5,8,11-13H,6-7,9-10H2,1-4H3,(H,17,20)/t13-/m0/s1. The van der Waals surface area contributed by atoms with Crippen molar-refractivity contribution in [1.29, 1.82) is 0 Å². The highest BCUT2D eigenvalue weighted by molar-refractivity contribution is 5.93. The Labute approximate surface area is 121 Å². The van der Waals surface area contributed by atoms with Gasteiger partial charge in [0.1, 0.15) is 5.82 Å². The maximum atomic E-state index is 12.4. The minimum absolute atomic E-state index is 0.0574. The third kappa shape index (κ3) is 3.39. The largest absolute Gasteiger partial charge is 0.310 e. The highest BCUT2D eigenvalue weighted by Crippen LogP contribution is 2.19. The summed E-state index contributed by atoms with van der Waals surface area (Å²) in [6.07, 6.45) is 4.09. The van der Waals surface area contributed by atoms with E-state index in [2.05, 4.69) is 36.1 Å². The zero-order valence-corrected chi connectivity index (χ0v) is 13.0. The van der Waals surface area contributed by atoms with Crippen molar-refractivity contribution >= 4 is 11.7 Å². The van der Waals surface area contributed by atoms with Crippen LogP contribution in [-0.4, -0.2) is 39.7 Å². The normalized spacial score (nSPS) is 19.2. The zero-order valence-electron chi connectivity index (χ0n) is 13.0. The van der Waals surface area contributed by atoms with Gasteiger partial charge in [-0.25, -0.2) is 4.68 Å². The van der Waals surface area contributed by atoms with E-state index in [-0.39, 0.29) is 18.0 Å². The molecule has 0 spiro atoms. The van der Waals surface area contributed by atoms with Crippen LogP contribution in [0.3, 0.4) is 0 Å². The molecule has 5 heteroatoms. The van der Waals surface area contributed by atoms with E-state index in [1.165, 1.54) is 12.8 Å². The predicted octanol–water partition coefficient (Wildman–Crippen LogP) is 2.52. The molecule has 1 atom stereocenters. The third-order valence-electron chi connectivity index (χ3n) is 4.16. The van der Waals surface area contributed by atoms with Gasteiger partial charge in [-0.15, -0.1) is 0 Å². The topological polar surface area (TPSA) is 50.2 Å². The lowest BCUT2D eigenvalue weighted by molar-refractivity contribution is -0.121. The number of aromatic nitrogens is 2. The molecule has 0 aliphatic carbocycles. The van der Waals surface area contributed by atoms with Crippen LogP contribution in [0.4, 0.5) is 5.82 Å². The summed E-state index contributed by atoms with van der Waals surface area (Å²) in [5.74, 6) is 1.62. The maximum Gasteiger partial charge on any atom is 0.242 e. The molecule has 1 amide bonds. The molecular weight excluding hydrogens is 252 g/mol. The first-order valence-corrected chi connectivity index (χ1v) is 7.57. The van der Waals surface area contributed by atoms with Crippen molar-refractivity contribution in [1.82, 2.24) is 14.7 Å². The highest BCUT2D eigenvalue weighted by Gasteiger charge is 2.25. The van der Waals surface area contributed by atoms with Crippen molar-refractivity contribution in [3.05, 3.63) is 12.3 Å². The monoisotopic (exact) mass is 278 g/mol. The van der Waals surface area contributed by atoms with Gasteiger partial charge in [0.15, 0.2) is 0 Å². The van der Waals surface area contributed by atoms with Crippen LogP contribution in [0.15, 0.2) is 12.3 Å². The van der Waals surface area contributed by atoms with Crippen molar-refractivity contribution in [3.8, 4) is 0 Å². The summed E-state index contributed by atoms with van der Waals surface area (Å²) in [5.41, 5.74) is 0. The Hall–Kier alpha value is -1.36. The van der Waals surface area contributed by atoms with Gasteiger partial charge in [-0.2, -0.15) is 5.10 Å². The average Bonchev–Trinajstić information content (AvgIpc) is 2.87. The Morgan fingerprint density at radius 2 is 2.00 bits per heavy atom. The number of nitrogens with one attached hydrogen (secondary N) is 1. The molecule has 2 heterocycles. The van der Waals surface area contributed by atoms with Gasteiger partial charge >= 0.3 is 0 Å². The Bertz CT molecular complexity index is 446. The number of rotatable bonds is 4. The average molecular weight is 278 g/mol. The molecule has 0 bridgehead atoms. The molecule has 2 rings (SSSR count). The van der Waals surface area contributed by atoms with Crippen LogP contribution in [-0.2, 0) is 4.79 Å². The third-order valence-corrected chi connectivity index (χ3v) is 4.16. The maximum absolute atomic E-state index is 12.4. The van der Waals surface area contributed by atoms with E-state index in [0.29, 0.717) is 0 Å². The fourth-order valence-corrected chi connectivity index (χ4v) is 2.64. The van der Waals surface area contributed by atoms with Crippen molar-refractivity contribution in [2.24, 2.45) is 5.92 Å². The molecule has 1 aromatic rings. The van der Waals surface area contributed by atoms with Gasteiger partial charge in [-0.1, -0.05) is 6.92 Å². The minimum atomic E-state index is -0.0852. The fourth-order valence-electron chi connectivity index (χ4n) is 2.64. The molecule has 0 saturated carbocycles. The minimum Gasteiger partial charge on any atom is -0.310 e. The number of anilines is 1. The Morgan fingerprint density at radius 3 is 2.60 bits per heavy atom. The SMILES string of the molecule is CC1CCN([C@@H](C)C(=O)Nc2ccnn2C(C)C)CC1. The van der Waals surface area contributed by atoms with Crippen LogP contribution in [0.1, 0.15) is 46.6 Å². The molecule has 1 saturated heterocycles. The first-order valence-electron chi connectivity index (χ1n) is 7.57. The lowest BCUT2D eigenvalue weighted by atomic mass is 9.98. The van der Waals surface area contributed by atoms with Crippen molar-refractivity contribution in [2.45, 2.75) is 52.6 Å². The molecule has 1 aliphatic heterocycles. The van der Waals surface area contributed by atoms with Gasteiger partial charge in [0.2, 0.25) is 5.91 Å². The van der Waals surface area contributed by atoms with Gasteiger partial charge < -0.3 is 5.32 Å². The van der Waals surface area contributed by atoms with Crippen molar-refractivity contribution in [3.63, 3.8) is 0 Å². The Balaban J connectivity index is 1.95. The second kappa shape index (κ2) is 6.39. The molecular formula is C15H26N4O. The smallest absolute Gasteiger partial charge is 0.242 e. The molecule has 0 radical (unpaired) electrons. The fraction of sp³-hybridized carbons (Fsp3) is 0.733. The lowest BCUT2D eigenvalue weighted by Gasteiger charge is -2.34. The Kier molecular flexibility index (Phi) is 4.81. The number of hydrogen-bond acceptors (Lipinski definition) is 3. The first kappa shape index (κ1) is 15.0. The van der Waals surface area contributed by atoms with Gasteiger partial charge in [0, 0.05) is 12.1 Å². The first-order chi connectivity index (χ1) is 9.49. The van der Waals surface area contributed by atoms with Gasteiger partial charge in [-0.05, 0) is 52.6 Å². The second-order valence-electron chi connectivity index (χ2n) is 6.14. The molecule has 1 aliphatic rings. The summed E-state index contributed by atoms with van der Waals surface area (Å²) >= 11 is 0. The van der Waals surface area contributed by atoms with E-state index in [1.807, 2.05) is 17.7 Å². The van der Waals surface area contributed by atoms with E-state index in [1.54, 1.807) is 6.20 Å². The summed E-state index contributed by atoms with van der Waals surface area (Å²) in [7, 11) is 0. The van der Waals surface area contributed by atoms with Crippen molar-refractivity contribution < 1.29 is 4.79 Å². The van der Waals surface area contributed by atoms with E-state index in [9.17, 15) is 4.79 Å². The number of amides is 1. The lowest BCUT2D eigenvalue weighted by Crippen LogP contribution is -2.46. The van der Waals surface area contributed by atoms with Crippen LogP contribution < -0.4 is 5.32 Å². The van der Waals surface area contributed by atoms with Crippen LogP contribution in [0.25, 0.3) is 0 Å².